The monoisotopic (exact) mass is 332 g/mol. The molecule has 1 aromatic rings. The molecular formula is C19H28N2O3. The van der Waals surface area contributed by atoms with E-state index in [1.807, 2.05) is 26.8 Å². The first-order chi connectivity index (χ1) is 11.4. The number of amides is 1. The van der Waals surface area contributed by atoms with Crippen LogP contribution in [-0.4, -0.2) is 48.4 Å². The molecule has 5 nitrogen and oxygen atoms in total. The van der Waals surface area contributed by atoms with Gasteiger partial charge in [0.05, 0.1) is 18.2 Å². The molecule has 1 N–H and O–H groups in total. The van der Waals surface area contributed by atoms with Gasteiger partial charge in [-0.2, -0.15) is 0 Å². The molecule has 1 amide bonds. The molecule has 2 heterocycles. The van der Waals surface area contributed by atoms with E-state index in [0.29, 0.717) is 13.1 Å². The van der Waals surface area contributed by atoms with Crippen molar-refractivity contribution in [3.8, 4) is 0 Å². The summed E-state index contributed by atoms with van der Waals surface area (Å²) in [7, 11) is 0. The van der Waals surface area contributed by atoms with Gasteiger partial charge in [0.15, 0.2) is 0 Å². The average Bonchev–Trinajstić information content (AvgIpc) is 2.55. The molecule has 24 heavy (non-hydrogen) atoms. The number of carbonyl (C=O) groups is 1. The molecule has 1 atom stereocenters. The molecular weight excluding hydrogens is 304 g/mol. The van der Waals surface area contributed by atoms with Gasteiger partial charge in [-0.3, -0.25) is 0 Å². The average molecular weight is 332 g/mol. The van der Waals surface area contributed by atoms with Crippen molar-refractivity contribution in [1.29, 1.82) is 0 Å². The molecule has 0 radical (unpaired) electrons. The third-order valence-electron chi connectivity index (χ3n) is 4.76. The quantitative estimate of drug-likeness (QED) is 0.858. The number of morpholine rings is 1. The zero-order valence-electron chi connectivity index (χ0n) is 14.9. The molecule has 2 fully saturated rings. The Balaban J connectivity index is 1.69. The highest BCUT2D eigenvalue weighted by Crippen LogP contribution is 2.40. The Bertz CT molecular complexity index is 560. The second kappa shape index (κ2) is 6.73. The largest absolute Gasteiger partial charge is 0.444 e. The van der Waals surface area contributed by atoms with Crippen LogP contribution >= 0.6 is 0 Å². The molecule has 2 saturated heterocycles. The summed E-state index contributed by atoms with van der Waals surface area (Å²) in [5, 5.41) is 3.62. The van der Waals surface area contributed by atoms with Gasteiger partial charge < -0.3 is 19.7 Å². The predicted molar refractivity (Wildman–Crippen MR) is 92.9 cm³/mol. The van der Waals surface area contributed by atoms with E-state index in [4.69, 9.17) is 9.47 Å². The van der Waals surface area contributed by atoms with Crippen LogP contribution in [0.2, 0.25) is 0 Å². The zero-order chi connectivity index (χ0) is 17.2. The minimum Gasteiger partial charge on any atom is -0.444 e. The Labute approximate surface area is 144 Å². The van der Waals surface area contributed by atoms with Crippen molar-refractivity contribution in [3.63, 3.8) is 0 Å². The number of nitrogens with zero attached hydrogens (tertiary/aromatic N) is 1. The summed E-state index contributed by atoms with van der Waals surface area (Å²) in [6, 6.07) is 10.6. The summed E-state index contributed by atoms with van der Waals surface area (Å²) in [5.74, 6) is 0. The number of piperidine rings is 1. The molecule has 0 aromatic heterocycles. The lowest BCUT2D eigenvalue weighted by Gasteiger charge is -2.49. The topological polar surface area (TPSA) is 50.8 Å². The van der Waals surface area contributed by atoms with E-state index in [1.54, 1.807) is 4.90 Å². The highest BCUT2D eigenvalue weighted by atomic mass is 16.6. The van der Waals surface area contributed by atoms with Crippen molar-refractivity contribution in [2.24, 2.45) is 0 Å². The summed E-state index contributed by atoms with van der Waals surface area (Å²) < 4.78 is 11.8. The normalized spacial score (nSPS) is 24.0. The van der Waals surface area contributed by atoms with Crippen molar-refractivity contribution in [2.75, 3.05) is 26.2 Å². The van der Waals surface area contributed by atoms with Gasteiger partial charge in [-0.25, -0.2) is 4.79 Å². The SMILES string of the molecule is CC(C)(C)OC(=O)N1CCC2(CC1)OCCNC2c1ccccc1. The summed E-state index contributed by atoms with van der Waals surface area (Å²) >= 11 is 0. The van der Waals surface area contributed by atoms with Gasteiger partial charge in [0.25, 0.3) is 0 Å². The second-order valence-corrected chi connectivity index (χ2v) is 7.68. The second-order valence-electron chi connectivity index (χ2n) is 7.68. The highest BCUT2D eigenvalue weighted by Gasteiger charge is 2.46. The van der Waals surface area contributed by atoms with Crippen molar-refractivity contribution in [3.05, 3.63) is 35.9 Å². The Morgan fingerprint density at radius 2 is 1.92 bits per heavy atom. The first kappa shape index (κ1) is 17.2. The lowest BCUT2D eigenvalue weighted by atomic mass is 9.79. The number of hydrogen-bond acceptors (Lipinski definition) is 4. The fraction of sp³-hybridized carbons (Fsp3) is 0.632. The van der Waals surface area contributed by atoms with E-state index in [2.05, 4.69) is 29.6 Å². The maximum absolute atomic E-state index is 12.3. The van der Waals surface area contributed by atoms with Crippen LogP contribution in [-0.2, 0) is 9.47 Å². The molecule has 1 unspecified atom stereocenters. The number of likely N-dealkylation sites (tertiary alicyclic amines) is 1. The third-order valence-corrected chi connectivity index (χ3v) is 4.76. The van der Waals surface area contributed by atoms with Gasteiger partial charge in [0.1, 0.15) is 5.60 Å². The molecule has 1 spiro atoms. The summed E-state index contributed by atoms with van der Waals surface area (Å²) in [6.07, 6.45) is 1.41. The number of ether oxygens (including phenoxy) is 2. The Kier molecular flexibility index (Phi) is 4.83. The number of nitrogens with one attached hydrogen (secondary N) is 1. The third kappa shape index (κ3) is 3.73. The van der Waals surface area contributed by atoms with Gasteiger partial charge in [-0.05, 0) is 39.2 Å². The molecule has 0 bridgehead atoms. The van der Waals surface area contributed by atoms with Gasteiger partial charge in [0, 0.05) is 19.6 Å². The lowest BCUT2D eigenvalue weighted by Crippen LogP contribution is -2.58. The number of hydrogen-bond donors (Lipinski definition) is 1. The van der Waals surface area contributed by atoms with Crippen LogP contribution in [0.4, 0.5) is 4.79 Å². The number of carbonyl (C=O) groups excluding carboxylic acids is 1. The fourth-order valence-corrected chi connectivity index (χ4v) is 3.62. The summed E-state index contributed by atoms with van der Waals surface area (Å²) in [4.78, 5) is 14.1. The zero-order valence-corrected chi connectivity index (χ0v) is 14.9. The molecule has 2 aliphatic rings. The van der Waals surface area contributed by atoms with Crippen molar-refractivity contribution < 1.29 is 14.3 Å². The van der Waals surface area contributed by atoms with Gasteiger partial charge in [-0.1, -0.05) is 30.3 Å². The first-order valence-electron chi connectivity index (χ1n) is 8.80. The van der Waals surface area contributed by atoms with E-state index >= 15 is 0 Å². The van der Waals surface area contributed by atoms with Crippen molar-refractivity contribution >= 4 is 6.09 Å². The Morgan fingerprint density at radius 3 is 2.54 bits per heavy atom. The Morgan fingerprint density at radius 1 is 1.25 bits per heavy atom. The maximum atomic E-state index is 12.3. The molecule has 0 saturated carbocycles. The molecule has 132 valence electrons. The molecule has 3 rings (SSSR count). The smallest absolute Gasteiger partial charge is 0.410 e. The highest BCUT2D eigenvalue weighted by molar-refractivity contribution is 5.68. The van der Waals surface area contributed by atoms with E-state index in [-0.39, 0.29) is 17.7 Å². The van der Waals surface area contributed by atoms with E-state index in [1.165, 1.54) is 5.56 Å². The fourth-order valence-electron chi connectivity index (χ4n) is 3.62. The van der Waals surface area contributed by atoms with Crippen molar-refractivity contribution in [1.82, 2.24) is 10.2 Å². The molecule has 1 aromatic carbocycles. The van der Waals surface area contributed by atoms with Crippen LogP contribution < -0.4 is 5.32 Å². The van der Waals surface area contributed by atoms with Crippen LogP contribution in [0, 0.1) is 0 Å². The number of benzene rings is 1. The minimum atomic E-state index is -0.457. The van der Waals surface area contributed by atoms with Gasteiger partial charge in [-0.15, -0.1) is 0 Å². The lowest BCUT2D eigenvalue weighted by molar-refractivity contribution is -0.128. The van der Waals surface area contributed by atoms with E-state index in [9.17, 15) is 4.79 Å². The van der Waals surface area contributed by atoms with Crippen molar-refractivity contribution in [2.45, 2.75) is 50.9 Å². The predicted octanol–water partition coefficient (Wildman–Crippen LogP) is 3.12. The van der Waals surface area contributed by atoms with E-state index < -0.39 is 5.60 Å². The molecule has 2 aliphatic heterocycles. The van der Waals surface area contributed by atoms with Gasteiger partial charge in [0.2, 0.25) is 0 Å². The number of rotatable bonds is 1. The standard InChI is InChI=1S/C19H28N2O3/c1-18(2,3)24-17(22)21-12-9-19(10-13-21)16(20-11-14-23-19)15-7-5-4-6-8-15/h4-8,16,20H,9-14H2,1-3H3. The van der Waals surface area contributed by atoms with Crippen LogP contribution in [0.15, 0.2) is 30.3 Å². The Hall–Kier alpha value is -1.59. The van der Waals surface area contributed by atoms with Gasteiger partial charge >= 0.3 is 6.09 Å². The van der Waals surface area contributed by atoms with Crippen LogP contribution in [0.25, 0.3) is 0 Å². The summed E-state index contributed by atoms with van der Waals surface area (Å²) in [6.45, 7) is 8.61. The summed E-state index contributed by atoms with van der Waals surface area (Å²) in [5.41, 5.74) is 0.558. The van der Waals surface area contributed by atoms with Crippen LogP contribution in [0.3, 0.4) is 0 Å². The van der Waals surface area contributed by atoms with Crippen LogP contribution in [0.5, 0.6) is 0 Å². The molecule has 0 aliphatic carbocycles. The maximum Gasteiger partial charge on any atom is 0.410 e. The minimum absolute atomic E-state index is 0.174. The van der Waals surface area contributed by atoms with Crippen LogP contribution in [0.1, 0.15) is 45.2 Å². The molecule has 5 heteroatoms. The first-order valence-corrected chi connectivity index (χ1v) is 8.80. The van der Waals surface area contributed by atoms with E-state index in [0.717, 1.165) is 26.0 Å².